The average molecular weight is 366 g/mol. The molecule has 1 heterocycles. The molecule has 4 nitrogen and oxygen atoms in total. The van der Waals surface area contributed by atoms with Gasteiger partial charge in [-0.2, -0.15) is 8.78 Å². The molecular formula is C16H10ClF2N3OS. The summed E-state index contributed by atoms with van der Waals surface area (Å²) < 4.78 is 25.4. The van der Waals surface area contributed by atoms with Crippen LogP contribution in [0.5, 0.6) is 0 Å². The molecule has 0 unspecified atom stereocenters. The molecule has 0 bridgehead atoms. The Morgan fingerprint density at radius 1 is 1.12 bits per heavy atom. The first kappa shape index (κ1) is 16.6. The number of rotatable bonds is 4. The van der Waals surface area contributed by atoms with Gasteiger partial charge in [0, 0.05) is 0 Å². The second kappa shape index (κ2) is 7.11. The molecule has 0 atom stereocenters. The lowest BCUT2D eigenvalue weighted by Gasteiger charge is -2.11. The SMILES string of the molecule is O=C(Nc1cccc(Cl)c1SC(F)F)c1cnc2ccccc2n1. The summed E-state index contributed by atoms with van der Waals surface area (Å²) in [6.07, 6.45) is 1.34. The minimum atomic E-state index is -2.65. The Labute approximate surface area is 145 Å². The third-order valence-corrected chi connectivity index (χ3v) is 4.38. The minimum absolute atomic E-state index is 0.0849. The predicted octanol–water partition coefficient (Wildman–Crippen LogP) is 4.85. The number of amides is 1. The lowest BCUT2D eigenvalue weighted by molar-refractivity contribution is 0.102. The summed E-state index contributed by atoms with van der Waals surface area (Å²) in [4.78, 5) is 20.8. The largest absolute Gasteiger partial charge is 0.320 e. The lowest BCUT2D eigenvalue weighted by atomic mass is 10.2. The molecule has 0 aliphatic heterocycles. The maximum atomic E-state index is 12.7. The summed E-state index contributed by atoms with van der Waals surface area (Å²) >= 11 is 6.22. The highest BCUT2D eigenvalue weighted by molar-refractivity contribution is 7.99. The van der Waals surface area contributed by atoms with Gasteiger partial charge < -0.3 is 5.32 Å². The fourth-order valence-electron chi connectivity index (χ4n) is 2.07. The highest BCUT2D eigenvalue weighted by atomic mass is 35.5. The van der Waals surface area contributed by atoms with E-state index in [-0.39, 0.29) is 33.1 Å². The molecule has 0 radical (unpaired) electrons. The Bertz CT molecular complexity index is 907. The fourth-order valence-corrected chi connectivity index (χ4v) is 2.98. The standard InChI is InChI=1S/C16H10ClF2N3OS/c17-9-4-3-7-12(14(9)24-16(18)19)22-15(23)13-8-20-10-5-1-2-6-11(10)21-13/h1-8,16H,(H,22,23). The van der Waals surface area contributed by atoms with Crippen LogP contribution < -0.4 is 5.32 Å². The van der Waals surface area contributed by atoms with Crippen molar-refractivity contribution in [2.24, 2.45) is 0 Å². The first-order valence-electron chi connectivity index (χ1n) is 6.81. The van der Waals surface area contributed by atoms with Gasteiger partial charge in [-0.05, 0) is 24.3 Å². The molecule has 0 aliphatic carbocycles. The molecule has 3 rings (SSSR count). The number of halogens is 3. The number of nitrogens with one attached hydrogen (secondary N) is 1. The Hall–Kier alpha value is -2.25. The Kier molecular flexibility index (Phi) is 4.92. The zero-order chi connectivity index (χ0) is 17.1. The van der Waals surface area contributed by atoms with Gasteiger partial charge in [0.25, 0.3) is 11.7 Å². The molecule has 1 N–H and O–H groups in total. The van der Waals surface area contributed by atoms with Crippen molar-refractivity contribution in [3.8, 4) is 0 Å². The van der Waals surface area contributed by atoms with E-state index in [1.54, 1.807) is 24.3 Å². The van der Waals surface area contributed by atoms with E-state index in [1.807, 2.05) is 6.07 Å². The molecule has 0 aliphatic rings. The van der Waals surface area contributed by atoms with Crippen molar-refractivity contribution in [3.05, 3.63) is 59.4 Å². The average Bonchev–Trinajstić information content (AvgIpc) is 2.57. The number of benzene rings is 2. The number of nitrogens with zero attached hydrogens (tertiary/aromatic N) is 2. The van der Waals surface area contributed by atoms with Crippen LogP contribution >= 0.6 is 23.4 Å². The number of alkyl halides is 2. The van der Waals surface area contributed by atoms with E-state index >= 15 is 0 Å². The van der Waals surface area contributed by atoms with Crippen LogP contribution in [0.4, 0.5) is 14.5 Å². The van der Waals surface area contributed by atoms with Crippen LogP contribution in [-0.4, -0.2) is 21.6 Å². The van der Waals surface area contributed by atoms with E-state index in [0.29, 0.717) is 11.0 Å². The highest BCUT2D eigenvalue weighted by Crippen LogP contribution is 2.37. The van der Waals surface area contributed by atoms with Crippen LogP contribution in [0.2, 0.25) is 5.02 Å². The van der Waals surface area contributed by atoms with Gasteiger partial charge in [0.2, 0.25) is 0 Å². The van der Waals surface area contributed by atoms with Crippen molar-refractivity contribution in [2.75, 3.05) is 5.32 Å². The van der Waals surface area contributed by atoms with Crippen LogP contribution in [0, 0.1) is 0 Å². The van der Waals surface area contributed by atoms with Gasteiger partial charge in [-0.3, -0.25) is 9.78 Å². The van der Waals surface area contributed by atoms with Gasteiger partial charge in [-0.15, -0.1) is 0 Å². The van der Waals surface area contributed by atoms with Crippen molar-refractivity contribution in [3.63, 3.8) is 0 Å². The molecule has 2 aromatic carbocycles. The quantitative estimate of drug-likeness (QED) is 0.671. The molecule has 24 heavy (non-hydrogen) atoms. The number of thioether (sulfide) groups is 1. The number of carbonyl (C=O) groups excluding carboxylic acids is 1. The minimum Gasteiger partial charge on any atom is -0.320 e. The number of anilines is 1. The van der Waals surface area contributed by atoms with Crippen LogP contribution in [0.15, 0.2) is 53.6 Å². The molecule has 1 amide bonds. The molecule has 1 aromatic heterocycles. The van der Waals surface area contributed by atoms with Gasteiger partial charge in [0.15, 0.2) is 0 Å². The molecule has 8 heteroatoms. The summed E-state index contributed by atoms with van der Waals surface area (Å²) in [5, 5.41) is 2.70. The topological polar surface area (TPSA) is 54.9 Å². The third kappa shape index (κ3) is 3.63. The molecule has 0 saturated carbocycles. The molecule has 122 valence electrons. The second-order valence-corrected chi connectivity index (χ2v) is 6.10. The van der Waals surface area contributed by atoms with Gasteiger partial charge in [0.05, 0.1) is 32.8 Å². The van der Waals surface area contributed by atoms with Gasteiger partial charge in [0.1, 0.15) is 5.69 Å². The third-order valence-electron chi connectivity index (χ3n) is 3.10. The molecule has 0 spiro atoms. The molecular weight excluding hydrogens is 356 g/mol. The van der Waals surface area contributed by atoms with Crippen molar-refractivity contribution < 1.29 is 13.6 Å². The van der Waals surface area contributed by atoms with Gasteiger partial charge >= 0.3 is 0 Å². The monoisotopic (exact) mass is 365 g/mol. The van der Waals surface area contributed by atoms with Crippen LogP contribution in [0.1, 0.15) is 10.5 Å². The Balaban J connectivity index is 1.90. The maximum absolute atomic E-state index is 12.7. The number of aromatic nitrogens is 2. The van der Waals surface area contributed by atoms with Crippen LogP contribution in [0.3, 0.4) is 0 Å². The summed E-state index contributed by atoms with van der Waals surface area (Å²) in [7, 11) is 0. The summed E-state index contributed by atoms with van der Waals surface area (Å²) in [6.45, 7) is 0. The molecule has 0 fully saturated rings. The summed E-state index contributed by atoms with van der Waals surface area (Å²) in [5.41, 5.74) is 1.51. The van der Waals surface area contributed by atoms with E-state index in [9.17, 15) is 13.6 Å². The molecule has 3 aromatic rings. The zero-order valence-electron chi connectivity index (χ0n) is 12.0. The number of hydrogen-bond donors (Lipinski definition) is 1. The van der Waals surface area contributed by atoms with Crippen molar-refractivity contribution >= 4 is 46.0 Å². The van der Waals surface area contributed by atoms with Crippen LogP contribution in [-0.2, 0) is 0 Å². The zero-order valence-corrected chi connectivity index (χ0v) is 13.6. The van der Waals surface area contributed by atoms with E-state index < -0.39 is 11.7 Å². The van der Waals surface area contributed by atoms with E-state index in [2.05, 4.69) is 15.3 Å². The fraction of sp³-hybridized carbons (Fsp3) is 0.0625. The second-order valence-electron chi connectivity index (χ2n) is 4.69. The first-order valence-corrected chi connectivity index (χ1v) is 8.07. The Morgan fingerprint density at radius 2 is 1.88 bits per heavy atom. The van der Waals surface area contributed by atoms with Gasteiger partial charge in [-0.25, -0.2) is 4.98 Å². The van der Waals surface area contributed by atoms with Crippen molar-refractivity contribution in [1.29, 1.82) is 0 Å². The van der Waals surface area contributed by atoms with E-state index in [1.165, 1.54) is 18.3 Å². The number of fused-ring (bicyclic) bond motifs is 1. The smallest absolute Gasteiger partial charge is 0.289 e. The summed E-state index contributed by atoms with van der Waals surface area (Å²) in [5.74, 6) is -3.20. The van der Waals surface area contributed by atoms with Crippen molar-refractivity contribution in [1.82, 2.24) is 9.97 Å². The van der Waals surface area contributed by atoms with Crippen molar-refractivity contribution in [2.45, 2.75) is 10.7 Å². The normalized spacial score (nSPS) is 11.0. The Morgan fingerprint density at radius 3 is 2.62 bits per heavy atom. The summed E-state index contributed by atoms with van der Waals surface area (Å²) in [6, 6.07) is 11.7. The lowest BCUT2D eigenvalue weighted by Crippen LogP contribution is -2.15. The maximum Gasteiger partial charge on any atom is 0.289 e. The predicted molar refractivity (Wildman–Crippen MR) is 90.8 cm³/mol. The van der Waals surface area contributed by atoms with Gasteiger partial charge in [-0.1, -0.05) is 41.6 Å². The highest BCUT2D eigenvalue weighted by Gasteiger charge is 2.17. The first-order chi connectivity index (χ1) is 11.5. The van der Waals surface area contributed by atoms with E-state index in [0.717, 1.165) is 0 Å². The van der Waals surface area contributed by atoms with Crippen LogP contribution in [0.25, 0.3) is 11.0 Å². The number of para-hydroxylation sites is 2. The molecule has 0 saturated heterocycles. The van der Waals surface area contributed by atoms with E-state index in [4.69, 9.17) is 11.6 Å². The number of hydrogen-bond acceptors (Lipinski definition) is 4. The number of carbonyl (C=O) groups is 1.